The number of hydrogen-bond acceptors (Lipinski definition) is 3. The fraction of sp³-hybridized carbons (Fsp3) is 0.235. The van der Waals surface area contributed by atoms with Crippen LogP contribution in [-0.4, -0.2) is 30.0 Å². The number of halogens is 1. The van der Waals surface area contributed by atoms with E-state index >= 15 is 0 Å². The van der Waals surface area contributed by atoms with E-state index in [9.17, 15) is 0 Å². The maximum Gasteiger partial charge on any atom is 0.140 e. The Morgan fingerprint density at radius 2 is 1.91 bits per heavy atom. The van der Waals surface area contributed by atoms with E-state index in [0.717, 1.165) is 35.3 Å². The fourth-order valence-electron chi connectivity index (χ4n) is 2.29. The number of rotatable bonds is 6. The molecule has 0 spiro atoms. The lowest BCUT2D eigenvalue weighted by Crippen LogP contribution is -2.11. The predicted molar refractivity (Wildman–Crippen MR) is 90.1 cm³/mol. The van der Waals surface area contributed by atoms with Crippen LogP contribution in [0.3, 0.4) is 0 Å². The van der Waals surface area contributed by atoms with Crippen molar-refractivity contribution in [3.05, 3.63) is 53.7 Å². The van der Waals surface area contributed by atoms with E-state index < -0.39 is 0 Å². The summed E-state index contributed by atoms with van der Waals surface area (Å²) in [6.45, 7) is 1.65. The van der Waals surface area contributed by atoms with E-state index in [-0.39, 0.29) is 0 Å². The molecule has 4 nitrogen and oxygen atoms in total. The second-order valence-electron chi connectivity index (χ2n) is 5.02. The molecule has 3 rings (SSSR count). The molecule has 5 heteroatoms. The Morgan fingerprint density at radius 1 is 1.14 bits per heavy atom. The number of benzene rings is 2. The van der Waals surface area contributed by atoms with Crippen molar-refractivity contribution in [2.75, 3.05) is 20.2 Å². The molecule has 1 N–H and O–H groups in total. The normalized spacial score (nSPS) is 11.0. The minimum atomic E-state index is 0.623. The van der Waals surface area contributed by atoms with Crippen molar-refractivity contribution in [2.24, 2.45) is 0 Å². The van der Waals surface area contributed by atoms with Crippen LogP contribution >= 0.6 is 11.6 Å². The minimum Gasteiger partial charge on any atom is -0.494 e. The van der Waals surface area contributed by atoms with Crippen LogP contribution in [0.1, 0.15) is 6.42 Å². The molecule has 3 aromatic rings. The molecular weight excluding hydrogens is 298 g/mol. The maximum absolute atomic E-state index is 6.41. The Kier molecular flexibility index (Phi) is 4.61. The summed E-state index contributed by atoms with van der Waals surface area (Å²) < 4.78 is 7.43. The third kappa shape index (κ3) is 3.08. The number of nitrogens with one attached hydrogen (secondary N) is 1. The van der Waals surface area contributed by atoms with Crippen molar-refractivity contribution < 1.29 is 4.74 Å². The van der Waals surface area contributed by atoms with Crippen LogP contribution in [-0.2, 0) is 0 Å². The summed E-state index contributed by atoms with van der Waals surface area (Å²) in [7, 11) is 1.94. The first-order valence-corrected chi connectivity index (χ1v) is 7.68. The first-order chi connectivity index (χ1) is 10.8. The van der Waals surface area contributed by atoms with Gasteiger partial charge < -0.3 is 10.1 Å². The van der Waals surface area contributed by atoms with Crippen LogP contribution < -0.4 is 10.1 Å². The van der Waals surface area contributed by atoms with Gasteiger partial charge in [0.1, 0.15) is 10.9 Å². The zero-order valence-electron chi connectivity index (χ0n) is 12.4. The number of fused-ring (bicyclic) bond motifs is 1. The van der Waals surface area contributed by atoms with Crippen LogP contribution in [0.5, 0.6) is 5.75 Å². The van der Waals surface area contributed by atoms with Crippen molar-refractivity contribution >= 4 is 22.5 Å². The second-order valence-corrected chi connectivity index (χ2v) is 5.38. The predicted octanol–water partition coefficient (Wildman–Crippen LogP) is 3.67. The monoisotopic (exact) mass is 315 g/mol. The molecule has 114 valence electrons. The maximum atomic E-state index is 6.41. The number of nitrogens with zero attached hydrogens (tertiary/aromatic N) is 2. The van der Waals surface area contributed by atoms with Gasteiger partial charge in [-0.15, -0.1) is 0 Å². The molecule has 0 atom stereocenters. The van der Waals surface area contributed by atoms with E-state index in [1.807, 2.05) is 55.6 Å². The third-order valence-electron chi connectivity index (χ3n) is 3.44. The van der Waals surface area contributed by atoms with Crippen LogP contribution in [0, 0.1) is 0 Å². The average molecular weight is 316 g/mol. The van der Waals surface area contributed by atoms with Gasteiger partial charge in [0, 0.05) is 5.39 Å². The average Bonchev–Trinajstić information content (AvgIpc) is 2.90. The van der Waals surface area contributed by atoms with Crippen LogP contribution in [0.4, 0.5) is 0 Å². The highest BCUT2D eigenvalue weighted by Gasteiger charge is 2.09. The van der Waals surface area contributed by atoms with E-state index in [0.29, 0.717) is 11.8 Å². The van der Waals surface area contributed by atoms with Crippen LogP contribution in [0.2, 0.25) is 5.15 Å². The smallest absolute Gasteiger partial charge is 0.140 e. The van der Waals surface area contributed by atoms with Gasteiger partial charge in [0.05, 0.1) is 17.8 Å². The molecule has 0 aliphatic heterocycles. The lowest BCUT2D eigenvalue weighted by molar-refractivity contribution is 0.310. The molecule has 1 aromatic heterocycles. The topological polar surface area (TPSA) is 39.1 Å². The molecular formula is C17H18ClN3O. The number of hydrogen-bond donors (Lipinski definition) is 1. The highest BCUT2D eigenvalue weighted by molar-refractivity contribution is 6.34. The van der Waals surface area contributed by atoms with Crippen molar-refractivity contribution in [3.63, 3.8) is 0 Å². The Bertz CT molecular complexity index is 752. The Hall–Kier alpha value is -2.04. The highest BCUT2D eigenvalue weighted by Crippen LogP contribution is 2.26. The molecule has 0 saturated carbocycles. The first-order valence-electron chi connectivity index (χ1n) is 7.30. The van der Waals surface area contributed by atoms with Gasteiger partial charge in [0.2, 0.25) is 0 Å². The van der Waals surface area contributed by atoms with Crippen molar-refractivity contribution in [3.8, 4) is 11.4 Å². The summed E-state index contributed by atoms with van der Waals surface area (Å²) in [5.74, 6) is 0.854. The van der Waals surface area contributed by atoms with Crippen LogP contribution in [0.25, 0.3) is 16.6 Å². The molecule has 0 bridgehead atoms. The van der Waals surface area contributed by atoms with E-state index in [1.54, 1.807) is 4.68 Å². The summed E-state index contributed by atoms with van der Waals surface area (Å²) >= 11 is 6.41. The molecule has 0 unspecified atom stereocenters. The number of aromatic nitrogens is 2. The van der Waals surface area contributed by atoms with Gasteiger partial charge >= 0.3 is 0 Å². The van der Waals surface area contributed by atoms with E-state index in [4.69, 9.17) is 16.3 Å². The van der Waals surface area contributed by atoms with Gasteiger partial charge in [-0.05, 0) is 56.4 Å². The molecule has 0 aliphatic rings. The molecule has 2 aromatic carbocycles. The van der Waals surface area contributed by atoms with Crippen molar-refractivity contribution in [2.45, 2.75) is 6.42 Å². The zero-order valence-corrected chi connectivity index (χ0v) is 13.2. The summed E-state index contributed by atoms with van der Waals surface area (Å²) in [4.78, 5) is 0. The molecule has 0 radical (unpaired) electrons. The largest absolute Gasteiger partial charge is 0.494 e. The van der Waals surface area contributed by atoms with Gasteiger partial charge in [-0.2, -0.15) is 5.10 Å². The van der Waals surface area contributed by atoms with Gasteiger partial charge in [-0.25, -0.2) is 4.68 Å². The summed E-state index contributed by atoms with van der Waals surface area (Å²) in [5, 5.41) is 9.21. The summed E-state index contributed by atoms with van der Waals surface area (Å²) in [5.41, 5.74) is 1.81. The Balaban J connectivity index is 1.78. The SMILES string of the molecule is CNCCCOc1ccc(-n2nc3ccccc3c2Cl)cc1. The van der Waals surface area contributed by atoms with E-state index in [1.165, 1.54) is 0 Å². The fourth-order valence-corrected chi connectivity index (χ4v) is 2.59. The minimum absolute atomic E-state index is 0.623. The molecule has 0 saturated heterocycles. The third-order valence-corrected chi connectivity index (χ3v) is 3.80. The summed E-state index contributed by atoms with van der Waals surface area (Å²) in [6.07, 6.45) is 0.981. The molecule has 1 heterocycles. The highest BCUT2D eigenvalue weighted by atomic mass is 35.5. The standard InChI is InChI=1S/C17H18ClN3O/c1-19-11-4-12-22-14-9-7-13(8-10-14)21-17(18)15-5-2-3-6-16(15)20-21/h2-3,5-10,19H,4,11-12H2,1H3. The van der Waals surface area contributed by atoms with Gasteiger partial charge in [0.15, 0.2) is 0 Å². The Morgan fingerprint density at radius 3 is 2.64 bits per heavy atom. The lowest BCUT2D eigenvalue weighted by atomic mass is 10.2. The van der Waals surface area contributed by atoms with Gasteiger partial charge in [0.25, 0.3) is 0 Å². The summed E-state index contributed by atoms with van der Waals surface area (Å²) in [6, 6.07) is 15.7. The van der Waals surface area contributed by atoms with Gasteiger partial charge in [-0.3, -0.25) is 0 Å². The Labute approximate surface area is 134 Å². The number of ether oxygens (including phenoxy) is 1. The second kappa shape index (κ2) is 6.81. The molecule has 0 aliphatic carbocycles. The van der Waals surface area contributed by atoms with Crippen LogP contribution in [0.15, 0.2) is 48.5 Å². The van der Waals surface area contributed by atoms with Gasteiger partial charge in [-0.1, -0.05) is 23.7 Å². The molecule has 0 amide bonds. The van der Waals surface area contributed by atoms with Crippen molar-refractivity contribution in [1.29, 1.82) is 0 Å². The zero-order chi connectivity index (χ0) is 15.4. The quantitative estimate of drug-likeness (QED) is 0.705. The molecule has 22 heavy (non-hydrogen) atoms. The first kappa shape index (κ1) is 14.9. The van der Waals surface area contributed by atoms with Crippen molar-refractivity contribution in [1.82, 2.24) is 15.1 Å². The molecule has 0 fully saturated rings. The lowest BCUT2D eigenvalue weighted by Gasteiger charge is -2.07. The van der Waals surface area contributed by atoms with E-state index in [2.05, 4.69) is 10.4 Å².